The number of nitrogens with zero attached hydrogens (tertiary/aromatic N) is 6. The molecule has 8 nitrogen and oxygen atoms in total. The highest BCUT2D eigenvalue weighted by Gasteiger charge is 2.37. The normalized spacial score (nSPS) is 23.4. The van der Waals surface area contributed by atoms with Gasteiger partial charge in [-0.15, -0.1) is 0 Å². The second-order valence-corrected chi connectivity index (χ2v) is 9.13. The second-order valence-electron chi connectivity index (χ2n) is 9.13. The van der Waals surface area contributed by atoms with E-state index in [1.807, 2.05) is 11.8 Å². The Kier molecular flexibility index (Phi) is 4.64. The number of aromatic nitrogens is 4. The molecule has 6 rings (SSSR count). The molecule has 8 heteroatoms. The molecular weight excluding hydrogens is 404 g/mol. The van der Waals surface area contributed by atoms with Crippen LogP contribution in [0.1, 0.15) is 36.7 Å². The van der Waals surface area contributed by atoms with Gasteiger partial charge in [-0.1, -0.05) is 24.3 Å². The monoisotopic (exact) mass is 432 g/mol. The number of hydrogen-bond donors (Lipinski definition) is 0. The van der Waals surface area contributed by atoms with E-state index in [1.54, 1.807) is 0 Å². The fourth-order valence-electron chi connectivity index (χ4n) is 5.43. The highest BCUT2D eigenvalue weighted by atomic mass is 16.5. The molecule has 0 saturated carbocycles. The lowest BCUT2D eigenvalue weighted by atomic mass is 10.1. The minimum atomic E-state index is 0.209. The van der Waals surface area contributed by atoms with Gasteiger partial charge in [0.05, 0.1) is 12.6 Å². The zero-order chi connectivity index (χ0) is 21.8. The molecule has 5 heterocycles. The molecule has 0 aliphatic carbocycles. The quantitative estimate of drug-likeness (QED) is 0.634. The van der Waals surface area contributed by atoms with E-state index in [1.165, 1.54) is 5.56 Å². The van der Waals surface area contributed by atoms with Gasteiger partial charge < -0.3 is 19.1 Å². The average molecular weight is 433 g/mol. The Hall–Kier alpha value is -3.00. The fourth-order valence-corrected chi connectivity index (χ4v) is 5.43. The molecule has 3 fully saturated rings. The van der Waals surface area contributed by atoms with Crippen molar-refractivity contribution in [2.24, 2.45) is 0 Å². The van der Waals surface area contributed by atoms with Crippen molar-refractivity contribution >= 4 is 22.9 Å². The van der Waals surface area contributed by atoms with Crippen molar-refractivity contribution in [1.29, 1.82) is 0 Å². The lowest BCUT2D eigenvalue weighted by molar-refractivity contribution is -0.129. The SMILES string of the molecule is Cc1nc(N2CCN3C(=O)CCC3C2)c2nc(-c3ccccc3C)n([C@H]3CCOC3)c2n1. The topological polar surface area (TPSA) is 76.4 Å². The number of fused-ring (bicyclic) bond motifs is 2. The molecule has 0 spiro atoms. The number of amides is 1. The van der Waals surface area contributed by atoms with Gasteiger partial charge in [0, 0.05) is 44.3 Å². The highest BCUT2D eigenvalue weighted by molar-refractivity contribution is 5.88. The highest BCUT2D eigenvalue weighted by Crippen LogP contribution is 2.36. The maximum Gasteiger partial charge on any atom is 0.223 e. The number of carbonyl (C=O) groups is 1. The zero-order valence-electron chi connectivity index (χ0n) is 18.6. The van der Waals surface area contributed by atoms with Gasteiger partial charge in [-0.05, 0) is 32.3 Å². The van der Waals surface area contributed by atoms with Crippen molar-refractivity contribution < 1.29 is 9.53 Å². The Balaban J connectivity index is 1.51. The first-order chi connectivity index (χ1) is 15.6. The van der Waals surface area contributed by atoms with Gasteiger partial charge in [0.25, 0.3) is 0 Å². The molecular formula is C24H28N6O2. The van der Waals surface area contributed by atoms with Gasteiger partial charge in [-0.2, -0.15) is 0 Å². The predicted molar refractivity (Wildman–Crippen MR) is 122 cm³/mol. The van der Waals surface area contributed by atoms with E-state index >= 15 is 0 Å². The van der Waals surface area contributed by atoms with E-state index in [4.69, 9.17) is 19.7 Å². The molecule has 0 radical (unpaired) electrons. The smallest absolute Gasteiger partial charge is 0.223 e. The number of anilines is 1. The van der Waals surface area contributed by atoms with Crippen LogP contribution in [0.4, 0.5) is 5.82 Å². The Labute approximate surface area is 187 Å². The lowest BCUT2D eigenvalue weighted by Crippen LogP contribution is -2.51. The van der Waals surface area contributed by atoms with Gasteiger partial charge in [-0.3, -0.25) is 4.79 Å². The van der Waals surface area contributed by atoms with Gasteiger partial charge in [0.1, 0.15) is 11.6 Å². The van der Waals surface area contributed by atoms with Crippen molar-refractivity contribution in [2.75, 3.05) is 37.7 Å². The summed E-state index contributed by atoms with van der Waals surface area (Å²) in [7, 11) is 0. The van der Waals surface area contributed by atoms with Crippen LogP contribution in [0.2, 0.25) is 0 Å². The van der Waals surface area contributed by atoms with Crippen LogP contribution in [0.5, 0.6) is 0 Å². The van der Waals surface area contributed by atoms with Crippen LogP contribution in [0.3, 0.4) is 0 Å². The molecule has 3 aliphatic heterocycles. The Bertz CT molecular complexity index is 1200. The Morgan fingerprint density at radius 3 is 2.72 bits per heavy atom. The molecule has 2 atom stereocenters. The number of piperazine rings is 1. The molecule has 3 saturated heterocycles. The van der Waals surface area contributed by atoms with Crippen molar-refractivity contribution in [2.45, 2.75) is 45.2 Å². The standard InChI is InChI=1S/C24H28N6O2/c1-15-5-3-4-6-19(15)22-27-21-23(28-10-11-29-17(13-28)7-8-20(29)31)25-16(2)26-24(21)30(22)18-9-12-32-14-18/h3-6,17-18H,7-14H2,1-2H3/t17?,18-/m0/s1. The summed E-state index contributed by atoms with van der Waals surface area (Å²) >= 11 is 0. The molecule has 3 aromatic rings. The largest absolute Gasteiger partial charge is 0.379 e. The third kappa shape index (κ3) is 3.08. The van der Waals surface area contributed by atoms with E-state index in [0.717, 1.165) is 73.3 Å². The summed E-state index contributed by atoms with van der Waals surface area (Å²) in [4.78, 5) is 31.4. The third-order valence-electron chi connectivity index (χ3n) is 7.08. The molecule has 1 amide bonds. The van der Waals surface area contributed by atoms with E-state index in [2.05, 4.69) is 40.7 Å². The van der Waals surface area contributed by atoms with E-state index in [-0.39, 0.29) is 18.0 Å². The number of benzene rings is 1. The van der Waals surface area contributed by atoms with E-state index in [9.17, 15) is 4.79 Å². The summed E-state index contributed by atoms with van der Waals surface area (Å²) in [6, 6.07) is 8.85. The minimum absolute atomic E-state index is 0.209. The molecule has 3 aliphatic rings. The number of hydrogen-bond acceptors (Lipinski definition) is 6. The zero-order valence-corrected chi connectivity index (χ0v) is 18.6. The molecule has 32 heavy (non-hydrogen) atoms. The first-order valence-corrected chi connectivity index (χ1v) is 11.5. The van der Waals surface area contributed by atoms with Crippen molar-refractivity contribution in [3.05, 3.63) is 35.7 Å². The summed E-state index contributed by atoms with van der Waals surface area (Å²) in [6.07, 6.45) is 2.53. The fraction of sp³-hybridized carbons (Fsp3) is 0.500. The van der Waals surface area contributed by atoms with Crippen LogP contribution < -0.4 is 4.90 Å². The minimum Gasteiger partial charge on any atom is -0.379 e. The van der Waals surface area contributed by atoms with Crippen LogP contribution in [0, 0.1) is 13.8 Å². The molecule has 0 N–H and O–H groups in total. The van der Waals surface area contributed by atoms with Gasteiger partial charge in [0.2, 0.25) is 5.91 Å². The molecule has 166 valence electrons. The lowest BCUT2D eigenvalue weighted by Gasteiger charge is -2.38. The number of imidazole rings is 1. The van der Waals surface area contributed by atoms with Gasteiger partial charge >= 0.3 is 0 Å². The Morgan fingerprint density at radius 1 is 1.03 bits per heavy atom. The molecule has 2 aromatic heterocycles. The van der Waals surface area contributed by atoms with Gasteiger partial charge in [-0.25, -0.2) is 15.0 Å². The van der Waals surface area contributed by atoms with E-state index < -0.39 is 0 Å². The molecule has 1 aromatic carbocycles. The average Bonchev–Trinajstić information content (AvgIpc) is 3.52. The van der Waals surface area contributed by atoms with Crippen molar-refractivity contribution in [1.82, 2.24) is 24.4 Å². The maximum atomic E-state index is 12.2. The van der Waals surface area contributed by atoms with Crippen molar-refractivity contribution in [3.8, 4) is 11.4 Å². The predicted octanol–water partition coefficient (Wildman–Crippen LogP) is 2.88. The second kappa shape index (κ2) is 7.55. The van der Waals surface area contributed by atoms with E-state index in [0.29, 0.717) is 13.0 Å². The number of carbonyl (C=O) groups excluding carboxylic acids is 1. The van der Waals surface area contributed by atoms with Crippen molar-refractivity contribution in [3.63, 3.8) is 0 Å². The van der Waals surface area contributed by atoms with Crippen LogP contribution in [0.25, 0.3) is 22.6 Å². The van der Waals surface area contributed by atoms with Crippen LogP contribution >= 0.6 is 0 Å². The summed E-state index contributed by atoms with van der Waals surface area (Å²) in [5.74, 6) is 2.85. The van der Waals surface area contributed by atoms with Gasteiger partial charge in [0.15, 0.2) is 17.0 Å². The van der Waals surface area contributed by atoms with Crippen LogP contribution in [0.15, 0.2) is 24.3 Å². The first kappa shape index (κ1) is 19.7. The molecule has 0 bridgehead atoms. The summed E-state index contributed by atoms with van der Waals surface area (Å²) < 4.78 is 8.02. The molecule has 1 unspecified atom stereocenters. The summed E-state index contributed by atoms with van der Waals surface area (Å²) in [6.45, 7) is 7.82. The summed E-state index contributed by atoms with van der Waals surface area (Å²) in [5.41, 5.74) is 4.03. The summed E-state index contributed by atoms with van der Waals surface area (Å²) in [5, 5.41) is 0. The maximum absolute atomic E-state index is 12.2. The third-order valence-corrected chi connectivity index (χ3v) is 7.08. The van der Waals surface area contributed by atoms with Crippen LogP contribution in [-0.2, 0) is 9.53 Å². The first-order valence-electron chi connectivity index (χ1n) is 11.5. The number of rotatable bonds is 3. The number of ether oxygens (including phenoxy) is 1. The number of aryl methyl sites for hydroxylation is 2. The van der Waals surface area contributed by atoms with Crippen LogP contribution in [-0.4, -0.2) is 69.2 Å². The Morgan fingerprint density at radius 2 is 1.91 bits per heavy atom.